The summed E-state index contributed by atoms with van der Waals surface area (Å²) in [6.45, 7) is 1.96. The summed E-state index contributed by atoms with van der Waals surface area (Å²) in [6, 6.07) is 6.38. The lowest BCUT2D eigenvalue weighted by Crippen LogP contribution is -2.31. The minimum atomic E-state index is -1.09. The molecule has 1 rings (SSSR count). The molecule has 0 unspecified atom stereocenters. The minimum absolute atomic E-state index is 0.0986. The van der Waals surface area contributed by atoms with Crippen LogP contribution in [0.3, 0.4) is 0 Å². The van der Waals surface area contributed by atoms with E-state index in [4.69, 9.17) is 10.8 Å². The van der Waals surface area contributed by atoms with Gasteiger partial charge in [0.05, 0.1) is 0 Å². The molecular formula is C12H16N2O3. The van der Waals surface area contributed by atoms with E-state index >= 15 is 0 Å². The summed E-state index contributed by atoms with van der Waals surface area (Å²) in [5.41, 5.74) is 7.10. The van der Waals surface area contributed by atoms with E-state index in [0.717, 1.165) is 5.56 Å². The van der Waals surface area contributed by atoms with Crippen LogP contribution in [0.1, 0.15) is 18.4 Å². The standard InChI is InChI=1S/C12H16N2O3/c1-8-2-4-9(5-3-8)14-11(15)7-6-10(13)12(16)17/h2-5,10H,6-7,13H2,1H3,(H,14,15)(H,16,17)/t10-/m1/s1. The molecule has 1 amide bonds. The molecule has 0 fully saturated rings. The van der Waals surface area contributed by atoms with Gasteiger partial charge in [0.25, 0.3) is 0 Å². The van der Waals surface area contributed by atoms with E-state index in [0.29, 0.717) is 5.69 Å². The second kappa shape index (κ2) is 6.00. The predicted molar refractivity (Wildman–Crippen MR) is 64.7 cm³/mol. The summed E-state index contributed by atoms with van der Waals surface area (Å²) in [5.74, 6) is -1.32. The average molecular weight is 236 g/mol. The van der Waals surface area contributed by atoms with Crippen LogP contribution < -0.4 is 11.1 Å². The largest absolute Gasteiger partial charge is 0.480 e. The monoisotopic (exact) mass is 236 g/mol. The Morgan fingerprint density at radius 1 is 1.35 bits per heavy atom. The molecule has 0 saturated carbocycles. The summed E-state index contributed by atoms with van der Waals surface area (Å²) in [7, 11) is 0. The van der Waals surface area contributed by atoms with E-state index in [9.17, 15) is 9.59 Å². The van der Waals surface area contributed by atoms with Gasteiger partial charge in [-0.15, -0.1) is 0 Å². The van der Waals surface area contributed by atoms with E-state index in [1.807, 2.05) is 19.1 Å². The first kappa shape index (κ1) is 13.2. The third-order valence-electron chi connectivity index (χ3n) is 2.33. The van der Waals surface area contributed by atoms with Crippen LogP contribution in [0.4, 0.5) is 5.69 Å². The van der Waals surface area contributed by atoms with Gasteiger partial charge in [-0.25, -0.2) is 0 Å². The molecule has 17 heavy (non-hydrogen) atoms. The van der Waals surface area contributed by atoms with Crippen molar-refractivity contribution in [3.05, 3.63) is 29.8 Å². The molecule has 0 aliphatic heterocycles. The Labute approximate surface area is 99.6 Å². The van der Waals surface area contributed by atoms with Gasteiger partial charge >= 0.3 is 5.97 Å². The molecule has 5 heteroatoms. The van der Waals surface area contributed by atoms with Crippen molar-refractivity contribution in [2.45, 2.75) is 25.8 Å². The maximum atomic E-state index is 11.5. The van der Waals surface area contributed by atoms with Crippen molar-refractivity contribution in [3.8, 4) is 0 Å². The van der Waals surface area contributed by atoms with Crippen molar-refractivity contribution >= 4 is 17.6 Å². The highest BCUT2D eigenvalue weighted by Gasteiger charge is 2.13. The van der Waals surface area contributed by atoms with Crippen molar-refractivity contribution in [2.24, 2.45) is 5.73 Å². The first-order valence-electron chi connectivity index (χ1n) is 5.34. The number of nitrogens with one attached hydrogen (secondary N) is 1. The minimum Gasteiger partial charge on any atom is -0.480 e. The zero-order valence-corrected chi connectivity index (χ0v) is 9.64. The molecule has 0 saturated heterocycles. The summed E-state index contributed by atoms with van der Waals surface area (Å²) in [4.78, 5) is 21.9. The van der Waals surface area contributed by atoms with Crippen LogP contribution in [-0.4, -0.2) is 23.0 Å². The number of carbonyl (C=O) groups is 2. The third-order valence-corrected chi connectivity index (χ3v) is 2.33. The number of carbonyl (C=O) groups excluding carboxylic acids is 1. The second-order valence-electron chi connectivity index (χ2n) is 3.90. The maximum absolute atomic E-state index is 11.5. The molecule has 0 heterocycles. The number of hydrogen-bond acceptors (Lipinski definition) is 3. The van der Waals surface area contributed by atoms with Crippen LogP contribution >= 0.6 is 0 Å². The number of carboxylic acids is 1. The number of aliphatic carboxylic acids is 1. The van der Waals surface area contributed by atoms with Gasteiger partial charge in [-0.3, -0.25) is 9.59 Å². The molecule has 4 N–H and O–H groups in total. The van der Waals surface area contributed by atoms with Crippen LogP contribution in [-0.2, 0) is 9.59 Å². The average Bonchev–Trinajstić information content (AvgIpc) is 2.29. The number of amides is 1. The summed E-state index contributed by atoms with van der Waals surface area (Å²) in [6.07, 6.45) is 0.231. The molecule has 1 aromatic rings. The van der Waals surface area contributed by atoms with Gasteiger partial charge in [-0.1, -0.05) is 17.7 Å². The quantitative estimate of drug-likeness (QED) is 0.714. The van der Waals surface area contributed by atoms with Gasteiger partial charge in [0, 0.05) is 12.1 Å². The topological polar surface area (TPSA) is 92.4 Å². The van der Waals surface area contributed by atoms with E-state index < -0.39 is 12.0 Å². The fourth-order valence-electron chi connectivity index (χ4n) is 1.27. The van der Waals surface area contributed by atoms with Crippen LogP contribution in [0.15, 0.2) is 24.3 Å². The van der Waals surface area contributed by atoms with Crippen LogP contribution in [0.2, 0.25) is 0 Å². The predicted octanol–water partition coefficient (Wildman–Crippen LogP) is 1.13. The normalized spacial score (nSPS) is 11.9. The van der Waals surface area contributed by atoms with Crippen molar-refractivity contribution in [2.75, 3.05) is 5.32 Å². The molecule has 0 aromatic heterocycles. The zero-order chi connectivity index (χ0) is 12.8. The van der Waals surface area contributed by atoms with Gasteiger partial charge < -0.3 is 16.2 Å². The Morgan fingerprint density at radius 3 is 2.47 bits per heavy atom. The fourth-order valence-corrected chi connectivity index (χ4v) is 1.27. The molecule has 92 valence electrons. The lowest BCUT2D eigenvalue weighted by molar-refractivity contribution is -0.138. The van der Waals surface area contributed by atoms with Crippen molar-refractivity contribution in [3.63, 3.8) is 0 Å². The zero-order valence-electron chi connectivity index (χ0n) is 9.64. The highest BCUT2D eigenvalue weighted by Crippen LogP contribution is 2.09. The smallest absolute Gasteiger partial charge is 0.320 e. The maximum Gasteiger partial charge on any atom is 0.320 e. The Balaban J connectivity index is 2.39. The van der Waals surface area contributed by atoms with Gasteiger partial charge in [0.15, 0.2) is 0 Å². The van der Waals surface area contributed by atoms with E-state index in [-0.39, 0.29) is 18.7 Å². The van der Waals surface area contributed by atoms with Crippen LogP contribution in [0.25, 0.3) is 0 Å². The van der Waals surface area contributed by atoms with Gasteiger partial charge in [-0.2, -0.15) is 0 Å². The molecule has 0 spiro atoms. The Bertz CT molecular complexity index is 401. The first-order valence-corrected chi connectivity index (χ1v) is 5.34. The number of nitrogens with two attached hydrogens (primary N) is 1. The lowest BCUT2D eigenvalue weighted by Gasteiger charge is -2.07. The Kier molecular flexibility index (Phi) is 4.66. The fraction of sp³-hybridized carbons (Fsp3) is 0.333. The van der Waals surface area contributed by atoms with Crippen LogP contribution in [0, 0.1) is 6.92 Å². The Morgan fingerprint density at radius 2 is 1.94 bits per heavy atom. The second-order valence-corrected chi connectivity index (χ2v) is 3.90. The molecule has 1 aromatic carbocycles. The highest BCUT2D eigenvalue weighted by molar-refractivity contribution is 5.91. The SMILES string of the molecule is Cc1ccc(NC(=O)CC[C@@H](N)C(=O)O)cc1. The number of hydrogen-bond donors (Lipinski definition) is 3. The number of rotatable bonds is 5. The van der Waals surface area contributed by atoms with Gasteiger partial charge in [-0.05, 0) is 25.5 Å². The molecule has 1 atom stereocenters. The third kappa shape index (κ3) is 4.65. The van der Waals surface area contributed by atoms with Crippen LogP contribution in [0.5, 0.6) is 0 Å². The van der Waals surface area contributed by atoms with E-state index in [2.05, 4.69) is 5.32 Å². The van der Waals surface area contributed by atoms with Crippen molar-refractivity contribution < 1.29 is 14.7 Å². The van der Waals surface area contributed by atoms with Gasteiger partial charge in [0.2, 0.25) is 5.91 Å². The molecule has 0 aliphatic rings. The molecule has 0 bridgehead atoms. The highest BCUT2D eigenvalue weighted by atomic mass is 16.4. The Hall–Kier alpha value is -1.88. The van der Waals surface area contributed by atoms with Crippen molar-refractivity contribution in [1.29, 1.82) is 0 Å². The molecule has 0 radical (unpaired) electrons. The summed E-state index contributed by atoms with van der Waals surface area (Å²) in [5, 5.41) is 11.2. The number of benzene rings is 1. The molecule has 5 nitrogen and oxygen atoms in total. The summed E-state index contributed by atoms with van der Waals surface area (Å²) >= 11 is 0. The molecular weight excluding hydrogens is 220 g/mol. The number of carboxylic acid groups (broad SMARTS) is 1. The van der Waals surface area contributed by atoms with Gasteiger partial charge in [0.1, 0.15) is 6.04 Å². The lowest BCUT2D eigenvalue weighted by atomic mass is 10.1. The number of anilines is 1. The molecule has 0 aliphatic carbocycles. The van der Waals surface area contributed by atoms with Crippen molar-refractivity contribution in [1.82, 2.24) is 0 Å². The van der Waals surface area contributed by atoms with E-state index in [1.165, 1.54) is 0 Å². The summed E-state index contributed by atoms with van der Waals surface area (Å²) < 4.78 is 0. The first-order chi connectivity index (χ1) is 7.99. The number of aryl methyl sites for hydroxylation is 1. The van der Waals surface area contributed by atoms with E-state index in [1.54, 1.807) is 12.1 Å².